The van der Waals surface area contributed by atoms with E-state index in [9.17, 15) is 15.2 Å². The number of carbonyl (C=O) groups excluding carboxylic acids is 1. The smallest absolute Gasteiger partial charge is 0.230 e. The van der Waals surface area contributed by atoms with E-state index >= 15 is 0 Å². The van der Waals surface area contributed by atoms with E-state index in [1.165, 1.54) is 5.56 Å². The van der Waals surface area contributed by atoms with Crippen molar-refractivity contribution in [2.75, 3.05) is 18.6 Å². The van der Waals surface area contributed by atoms with Gasteiger partial charge >= 0.3 is 0 Å². The summed E-state index contributed by atoms with van der Waals surface area (Å²) in [7, 11) is 1.60. The van der Waals surface area contributed by atoms with Crippen LogP contribution in [0.3, 0.4) is 0 Å². The van der Waals surface area contributed by atoms with E-state index in [0.717, 1.165) is 55.3 Å². The average Bonchev–Trinajstić information content (AvgIpc) is 3.51. The number of methoxy groups -OCH3 is 1. The lowest BCUT2D eigenvalue weighted by Gasteiger charge is -2.36. The van der Waals surface area contributed by atoms with Crippen molar-refractivity contribution < 1.29 is 14.6 Å². The molecule has 2 aliphatic carbocycles. The molecule has 2 aliphatic rings. The van der Waals surface area contributed by atoms with Crippen LogP contribution in [-0.2, 0) is 4.79 Å². The molecule has 0 spiro atoms. The molecule has 2 saturated carbocycles. The molecule has 2 fully saturated rings. The first-order valence-corrected chi connectivity index (χ1v) is 15.1. The molecule has 1 N–H and O–H groups in total. The van der Waals surface area contributed by atoms with Crippen LogP contribution >= 0.6 is 0 Å². The van der Waals surface area contributed by atoms with Crippen LogP contribution in [0.5, 0.6) is 5.75 Å². The molecule has 0 saturated heterocycles. The summed E-state index contributed by atoms with van der Waals surface area (Å²) in [5.41, 5.74) is 4.82. The van der Waals surface area contributed by atoms with Crippen LogP contribution in [0, 0.1) is 23.2 Å². The quantitative estimate of drug-likeness (QED) is 0.328. The lowest BCUT2D eigenvalue weighted by Crippen LogP contribution is -2.41. The highest BCUT2D eigenvalue weighted by Gasteiger charge is 2.32. The van der Waals surface area contributed by atoms with E-state index in [1.807, 2.05) is 34.0 Å². The number of benzene rings is 2. The molecular weight excluding hydrogens is 512 g/mol. The molecule has 3 aromatic rings. The number of carbonyl (C=O) groups is 1. The second kappa shape index (κ2) is 12.9. The highest BCUT2D eigenvalue weighted by molar-refractivity contribution is 5.95. The Balaban J connectivity index is 1.34. The van der Waals surface area contributed by atoms with Crippen LogP contribution in [0.1, 0.15) is 88.3 Å². The first-order valence-electron chi connectivity index (χ1n) is 15.1. The number of nitriles is 1. The average molecular weight is 555 g/mol. The minimum absolute atomic E-state index is 0.0502. The summed E-state index contributed by atoms with van der Waals surface area (Å²) in [6.45, 7) is 4.92. The molecule has 216 valence electrons. The molecule has 0 unspecified atom stereocenters. The van der Waals surface area contributed by atoms with Crippen LogP contribution in [-0.4, -0.2) is 40.6 Å². The fraction of sp³-hybridized carbons (Fsp3) is 0.500. The van der Waals surface area contributed by atoms with Crippen LogP contribution in [0.15, 0.2) is 54.9 Å². The zero-order chi connectivity index (χ0) is 28.9. The molecule has 0 radical (unpaired) electrons. The minimum atomic E-state index is -0.289. The van der Waals surface area contributed by atoms with Crippen molar-refractivity contribution in [1.29, 1.82) is 5.26 Å². The number of nitrogens with zero attached hydrogens (tertiary/aromatic N) is 4. The standard InChI is InChI=1S/C34H42N4O3/c1-23(2)38-22-30(20-36-38)27-5-4-6-31(18-27)37(34(40)26-11-14-32(39)15-12-26)21-24-7-9-25(10-8-24)28-13-16-33(41-3)29(17-28)19-35/h4-6,13,16-18,20,22-26,32,39H,7-12,14-15,21H2,1-3H3/t24-,25-,26-,32-. The van der Waals surface area contributed by atoms with E-state index in [0.29, 0.717) is 42.5 Å². The maximum atomic E-state index is 14.0. The first-order chi connectivity index (χ1) is 19.9. The summed E-state index contributed by atoms with van der Waals surface area (Å²) in [6.07, 6.45) is 10.7. The number of rotatable bonds is 8. The van der Waals surface area contributed by atoms with Crippen LogP contribution in [0.4, 0.5) is 5.69 Å². The molecule has 7 heteroatoms. The number of aliphatic hydroxyl groups is 1. The number of ether oxygens (including phenoxy) is 1. The van der Waals surface area contributed by atoms with Crippen LogP contribution in [0.2, 0.25) is 0 Å². The molecule has 0 atom stereocenters. The lowest BCUT2D eigenvalue weighted by atomic mass is 9.78. The van der Waals surface area contributed by atoms with E-state index in [-0.39, 0.29) is 24.0 Å². The number of aliphatic hydroxyl groups excluding tert-OH is 1. The van der Waals surface area contributed by atoms with E-state index in [4.69, 9.17) is 4.74 Å². The summed E-state index contributed by atoms with van der Waals surface area (Å²) < 4.78 is 7.29. The number of anilines is 1. The van der Waals surface area contributed by atoms with Crippen molar-refractivity contribution in [3.8, 4) is 22.9 Å². The highest BCUT2D eigenvalue weighted by atomic mass is 16.5. The second-order valence-electron chi connectivity index (χ2n) is 12.1. The number of amides is 1. The lowest BCUT2D eigenvalue weighted by molar-refractivity contribution is -0.124. The summed E-state index contributed by atoms with van der Waals surface area (Å²) >= 11 is 0. The molecule has 1 heterocycles. The molecule has 5 rings (SSSR count). The molecule has 2 aromatic carbocycles. The van der Waals surface area contributed by atoms with Crippen molar-refractivity contribution >= 4 is 11.6 Å². The minimum Gasteiger partial charge on any atom is -0.495 e. The summed E-state index contributed by atoms with van der Waals surface area (Å²) in [6, 6.07) is 16.8. The van der Waals surface area contributed by atoms with Gasteiger partial charge in [-0.25, -0.2) is 0 Å². The molecule has 41 heavy (non-hydrogen) atoms. The summed E-state index contributed by atoms with van der Waals surface area (Å²) in [5, 5.41) is 24.1. The maximum absolute atomic E-state index is 14.0. The molecular formula is C34H42N4O3. The fourth-order valence-electron chi connectivity index (χ4n) is 6.49. The zero-order valence-electron chi connectivity index (χ0n) is 24.5. The number of aromatic nitrogens is 2. The third-order valence-electron chi connectivity index (χ3n) is 9.04. The SMILES string of the molecule is COc1ccc([C@H]2CC[C@H](CN(c3cccc(-c4cnn(C(C)C)c4)c3)C(=O)[C@H]3CC[C@H](O)CC3)CC2)cc1C#N. The Labute approximate surface area is 243 Å². The third-order valence-corrected chi connectivity index (χ3v) is 9.04. The van der Waals surface area contributed by atoms with Crippen molar-refractivity contribution in [2.24, 2.45) is 11.8 Å². The maximum Gasteiger partial charge on any atom is 0.230 e. The van der Waals surface area contributed by atoms with E-state index < -0.39 is 0 Å². The van der Waals surface area contributed by atoms with Gasteiger partial charge in [-0.2, -0.15) is 10.4 Å². The Morgan fingerprint density at radius 2 is 1.83 bits per heavy atom. The molecule has 0 aliphatic heterocycles. The number of hydrogen-bond donors (Lipinski definition) is 1. The Hall–Kier alpha value is -3.63. The Morgan fingerprint density at radius 3 is 2.49 bits per heavy atom. The van der Waals surface area contributed by atoms with Crippen LogP contribution in [0.25, 0.3) is 11.1 Å². The predicted octanol–water partition coefficient (Wildman–Crippen LogP) is 6.87. The van der Waals surface area contributed by atoms with Gasteiger partial charge in [-0.3, -0.25) is 9.48 Å². The van der Waals surface area contributed by atoms with Crippen molar-refractivity contribution in [3.63, 3.8) is 0 Å². The van der Waals surface area contributed by atoms with Gasteiger partial charge in [-0.05, 0) is 112 Å². The summed E-state index contributed by atoms with van der Waals surface area (Å²) in [5.74, 6) is 1.57. The van der Waals surface area contributed by atoms with Gasteiger partial charge in [0.2, 0.25) is 5.91 Å². The fourth-order valence-corrected chi connectivity index (χ4v) is 6.49. The van der Waals surface area contributed by atoms with E-state index in [2.05, 4.69) is 55.5 Å². The predicted molar refractivity (Wildman–Crippen MR) is 161 cm³/mol. The molecule has 1 amide bonds. The van der Waals surface area contributed by atoms with Crippen molar-refractivity contribution in [1.82, 2.24) is 9.78 Å². The zero-order valence-corrected chi connectivity index (χ0v) is 24.5. The van der Waals surface area contributed by atoms with Gasteiger partial charge in [0, 0.05) is 36.0 Å². The van der Waals surface area contributed by atoms with E-state index in [1.54, 1.807) is 7.11 Å². The summed E-state index contributed by atoms with van der Waals surface area (Å²) in [4.78, 5) is 16.1. The molecule has 1 aromatic heterocycles. The third kappa shape index (κ3) is 6.65. The van der Waals surface area contributed by atoms with Crippen molar-refractivity contribution in [2.45, 2.75) is 83.3 Å². The topological polar surface area (TPSA) is 91.4 Å². The van der Waals surface area contributed by atoms with Gasteiger partial charge in [0.05, 0.1) is 25.0 Å². The Kier molecular flexibility index (Phi) is 9.09. The van der Waals surface area contributed by atoms with Gasteiger partial charge in [0.1, 0.15) is 11.8 Å². The van der Waals surface area contributed by atoms with Gasteiger partial charge in [0.15, 0.2) is 0 Å². The number of hydrogen-bond acceptors (Lipinski definition) is 5. The second-order valence-corrected chi connectivity index (χ2v) is 12.1. The first kappa shape index (κ1) is 28.9. The molecule has 7 nitrogen and oxygen atoms in total. The van der Waals surface area contributed by atoms with Gasteiger partial charge < -0.3 is 14.7 Å². The van der Waals surface area contributed by atoms with Gasteiger partial charge in [-0.15, -0.1) is 0 Å². The van der Waals surface area contributed by atoms with Gasteiger partial charge in [-0.1, -0.05) is 18.2 Å². The monoisotopic (exact) mass is 554 g/mol. The normalized spacial score (nSPS) is 22.7. The van der Waals surface area contributed by atoms with Gasteiger partial charge in [0.25, 0.3) is 0 Å². The van der Waals surface area contributed by atoms with Crippen LogP contribution < -0.4 is 9.64 Å². The Bertz CT molecular complexity index is 1370. The highest BCUT2D eigenvalue weighted by Crippen LogP contribution is 2.39. The largest absolute Gasteiger partial charge is 0.495 e. The Morgan fingerprint density at radius 1 is 1.07 bits per heavy atom. The van der Waals surface area contributed by atoms with Crippen molar-refractivity contribution in [3.05, 3.63) is 66.0 Å². The molecule has 0 bridgehead atoms.